The number of aliphatic hydroxyl groups is 1. The van der Waals surface area contributed by atoms with Crippen molar-refractivity contribution < 1.29 is 9.84 Å². The first kappa shape index (κ1) is 13.9. The average molecular weight is 203 g/mol. The fraction of sp³-hybridized carbons (Fsp3) is 1.00. The highest BCUT2D eigenvalue weighted by Gasteiger charge is 2.27. The summed E-state index contributed by atoms with van der Waals surface area (Å²) in [7, 11) is 1.67. The molecule has 0 radical (unpaired) electrons. The largest absolute Gasteiger partial charge is 0.390 e. The standard InChI is InChI=1S/C11H25NO2/c1-5-7-12-8-6-11(3,13)10(2)9-14-4/h10,12-13H,5-9H2,1-4H3. The van der Waals surface area contributed by atoms with Crippen molar-refractivity contribution in [3.05, 3.63) is 0 Å². The van der Waals surface area contributed by atoms with Crippen LogP contribution in [0.3, 0.4) is 0 Å². The second-order valence-electron chi connectivity index (χ2n) is 4.21. The molecule has 0 aliphatic heterocycles. The molecule has 0 saturated heterocycles. The van der Waals surface area contributed by atoms with Gasteiger partial charge in [0.2, 0.25) is 0 Å². The summed E-state index contributed by atoms with van der Waals surface area (Å²) >= 11 is 0. The highest BCUT2D eigenvalue weighted by Crippen LogP contribution is 2.20. The lowest BCUT2D eigenvalue weighted by Crippen LogP contribution is -2.38. The molecule has 0 aromatic carbocycles. The molecule has 0 aromatic heterocycles. The summed E-state index contributed by atoms with van der Waals surface area (Å²) in [5, 5.41) is 13.4. The normalized spacial score (nSPS) is 17.8. The van der Waals surface area contributed by atoms with Crippen molar-refractivity contribution in [2.24, 2.45) is 5.92 Å². The first-order valence-corrected chi connectivity index (χ1v) is 5.46. The summed E-state index contributed by atoms with van der Waals surface area (Å²) in [5.74, 6) is 0.177. The number of hydrogen-bond donors (Lipinski definition) is 2. The van der Waals surface area contributed by atoms with Gasteiger partial charge >= 0.3 is 0 Å². The van der Waals surface area contributed by atoms with Gasteiger partial charge in [0.25, 0.3) is 0 Å². The fourth-order valence-electron chi connectivity index (χ4n) is 1.32. The third-order valence-electron chi connectivity index (χ3n) is 2.71. The maximum absolute atomic E-state index is 10.1. The van der Waals surface area contributed by atoms with Crippen LogP contribution in [0.5, 0.6) is 0 Å². The number of hydrogen-bond acceptors (Lipinski definition) is 3. The molecule has 3 nitrogen and oxygen atoms in total. The van der Waals surface area contributed by atoms with Gasteiger partial charge in [0.05, 0.1) is 12.2 Å². The van der Waals surface area contributed by atoms with Crippen molar-refractivity contribution in [3.8, 4) is 0 Å². The van der Waals surface area contributed by atoms with E-state index >= 15 is 0 Å². The molecule has 0 saturated carbocycles. The number of nitrogens with one attached hydrogen (secondary N) is 1. The molecule has 14 heavy (non-hydrogen) atoms. The molecule has 2 N–H and O–H groups in total. The van der Waals surface area contributed by atoms with Crippen LogP contribution in [0.25, 0.3) is 0 Å². The highest BCUT2D eigenvalue weighted by molar-refractivity contribution is 4.79. The van der Waals surface area contributed by atoms with Crippen LogP contribution < -0.4 is 5.32 Å². The van der Waals surface area contributed by atoms with E-state index in [4.69, 9.17) is 4.74 Å². The Bertz CT molecular complexity index is 137. The molecule has 2 atom stereocenters. The lowest BCUT2D eigenvalue weighted by molar-refractivity contribution is -0.0307. The SMILES string of the molecule is CCCNCCC(C)(O)C(C)COC. The summed E-state index contributed by atoms with van der Waals surface area (Å²) in [6.45, 7) is 8.54. The zero-order valence-electron chi connectivity index (χ0n) is 9.97. The minimum Gasteiger partial charge on any atom is -0.390 e. The lowest BCUT2D eigenvalue weighted by Gasteiger charge is -2.30. The van der Waals surface area contributed by atoms with Crippen molar-refractivity contribution in [3.63, 3.8) is 0 Å². The van der Waals surface area contributed by atoms with Gasteiger partial charge in [-0.15, -0.1) is 0 Å². The van der Waals surface area contributed by atoms with E-state index in [1.165, 1.54) is 0 Å². The van der Waals surface area contributed by atoms with Crippen molar-refractivity contribution in [2.75, 3.05) is 26.8 Å². The van der Waals surface area contributed by atoms with Gasteiger partial charge in [0.1, 0.15) is 0 Å². The van der Waals surface area contributed by atoms with Gasteiger partial charge < -0.3 is 15.2 Å². The van der Waals surface area contributed by atoms with Crippen molar-refractivity contribution in [1.82, 2.24) is 5.32 Å². The van der Waals surface area contributed by atoms with Crippen LogP contribution in [0, 0.1) is 5.92 Å². The first-order chi connectivity index (χ1) is 6.54. The van der Waals surface area contributed by atoms with Crippen LogP contribution in [0.4, 0.5) is 0 Å². The van der Waals surface area contributed by atoms with Gasteiger partial charge in [0.15, 0.2) is 0 Å². The van der Waals surface area contributed by atoms with E-state index in [-0.39, 0.29) is 5.92 Å². The Morgan fingerprint density at radius 3 is 2.57 bits per heavy atom. The van der Waals surface area contributed by atoms with Crippen molar-refractivity contribution in [1.29, 1.82) is 0 Å². The second-order valence-corrected chi connectivity index (χ2v) is 4.21. The van der Waals surface area contributed by atoms with E-state index in [1.54, 1.807) is 7.11 Å². The Morgan fingerprint density at radius 2 is 2.07 bits per heavy atom. The summed E-state index contributed by atoms with van der Waals surface area (Å²) in [4.78, 5) is 0. The molecule has 2 unspecified atom stereocenters. The van der Waals surface area contributed by atoms with Crippen LogP contribution in [-0.4, -0.2) is 37.5 Å². The smallest absolute Gasteiger partial charge is 0.0679 e. The Balaban J connectivity index is 3.69. The van der Waals surface area contributed by atoms with Crippen LogP contribution in [-0.2, 0) is 4.74 Å². The minimum atomic E-state index is -0.628. The van der Waals surface area contributed by atoms with E-state index in [0.29, 0.717) is 6.61 Å². The van der Waals surface area contributed by atoms with Gasteiger partial charge in [-0.1, -0.05) is 13.8 Å². The van der Waals surface area contributed by atoms with Gasteiger partial charge in [0, 0.05) is 13.0 Å². The minimum absolute atomic E-state index is 0.177. The summed E-state index contributed by atoms with van der Waals surface area (Å²) < 4.78 is 5.04. The fourth-order valence-corrected chi connectivity index (χ4v) is 1.32. The molecular formula is C11H25NO2. The predicted octanol–water partition coefficient (Wildman–Crippen LogP) is 1.41. The van der Waals surface area contributed by atoms with Gasteiger partial charge in [-0.3, -0.25) is 0 Å². The van der Waals surface area contributed by atoms with Gasteiger partial charge in [-0.2, -0.15) is 0 Å². The number of rotatable bonds is 8. The summed E-state index contributed by atoms with van der Waals surface area (Å²) in [6, 6.07) is 0. The molecule has 0 amide bonds. The molecule has 0 aliphatic carbocycles. The van der Waals surface area contributed by atoms with Crippen molar-refractivity contribution >= 4 is 0 Å². The number of methoxy groups -OCH3 is 1. The molecule has 0 bridgehead atoms. The average Bonchev–Trinajstić information content (AvgIpc) is 2.13. The van der Waals surface area contributed by atoms with Crippen LogP contribution >= 0.6 is 0 Å². The first-order valence-electron chi connectivity index (χ1n) is 5.46. The Morgan fingerprint density at radius 1 is 1.43 bits per heavy atom. The van der Waals surface area contributed by atoms with E-state index in [2.05, 4.69) is 12.2 Å². The van der Waals surface area contributed by atoms with E-state index in [1.807, 2.05) is 13.8 Å². The van der Waals surface area contributed by atoms with Crippen LogP contribution in [0.1, 0.15) is 33.6 Å². The number of ether oxygens (including phenoxy) is 1. The van der Waals surface area contributed by atoms with Crippen LogP contribution in [0.15, 0.2) is 0 Å². The third kappa shape index (κ3) is 5.58. The van der Waals surface area contributed by atoms with E-state index in [0.717, 1.165) is 25.9 Å². The lowest BCUT2D eigenvalue weighted by atomic mass is 9.88. The molecule has 3 heteroatoms. The highest BCUT2D eigenvalue weighted by atomic mass is 16.5. The van der Waals surface area contributed by atoms with Gasteiger partial charge in [-0.25, -0.2) is 0 Å². The zero-order chi connectivity index (χ0) is 11.0. The monoisotopic (exact) mass is 203 g/mol. The summed E-state index contributed by atoms with van der Waals surface area (Å²) in [6.07, 6.45) is 1.91. The quantitative estimate of drug-likeness (QED) is 0.586. The topological polar surface area (TPSA) is 41.5 Å². The molecule has 0 rings (SSSR count). The zero-order valence-corrected chi connectivity index (χ0v) is 9.97. The molecular weight excluding hydrogens is 178 g/mol. The molecule has 0 heterocycles. The Labute approximate surface area is 87.8 Å². The molecule has 86 valence electrons. The molecule has 0 fully saturated rings. The maximum atomic E-state index is 10.1. The second kappa shape index (κ2) is 7.21. The third-order valence-corrected chi connectivity index (χ3v) is 2.71. The van der Waals surface area contributed by atoms with E-state index in [9.17, 15) is 5.11 Å². The van der Waals surface area contributed by atoms with E-state index < -0.39 is 5.60 Å². The van der Waals surface area contributed by atoms with Crippen LogP contribution in [0.2, 0.25) is 0 Å². The Hall–Kier alpha value is -0.120. The summed E-state index contributed by atoms with van der Waals surface area (Å²) in [5.41, 5.74) is -0.628. The Kier molecular flexibility index (Phi) is 7.15. The molecule has 0 aliphatic rings. The van der Waals surface area contributed by atoms with Gasteiger partial charge in [-0.05, 0) is 32.9 Å². The van der Waals surface area contributed by atoms with Crippen molar-refractivity contribution in [2.45, 2.75) is 39.2 Å². The maximum Gasteiger partial charge on any atom is 0.0679 e. The predicted molar refractivity (Wildman–Crippen MR) is 59.4 cm³/mol. The molecule has 0 spiro atoms. The molecule has 0 aromatic rings.